The molecule has 0 aromatic heterocycles. The van der Waals surface area contributed by atoms with Gasteiger partial charge < -0.3 is 4.74 Å². The van der Waals surface area contributed by atoms with E-state index in [1.165, 1.54) is 0 Å². The average molecular weight is 418 g/mol. The first-order valence-electron chi connectivity index (χ1n) is 8.28. The molecule has 0 saturated heterocycles. The van der Waals surface area contributed by atoms with Crippen LogP contribution >= 0.6 is 0 Å². The maximum Gasteiger partial charge on any atom is 0.433 e. The average Bonchev–Trinajstić information content (AvgIpc) is 2.58. The standard InChI is InChI=1S/C7H4F3O.2C6H5F2.Al/c1-11-7-5(9)2-4(8)3-6(7)10;2*7-5-2-1-3-6(8)4-5;/h2H,1H3;2*1-3H,4H2;. The van der Waals surface area contributed by atoms with E-state index >= 15 is 8.78 Å². The van der Waals surface area contributed by atoms with Crippen LogP contribution in [0.1, 0.15) is 12.8 Å². The van der Waals surface area contributed by atoms with Crippen LogP contribution in [0.5, 0.6) is 5.75 Å². The molecule has 2 atom stereocenters. The fraction of sp³-hybridized carbons (Fsp3) is 0.263. The quantitative estimate of drug-likeness (QED) is 0.498. The Morgan fingerprint density at radius 3 is 1.79 bits per heavy atom. The van der Waals surface area contributed by atoms with Gasteiger partial charge in [-0.3, -0.25) is 8.78 Å². The van der Waals surface area contributed by atoms with Gasteiger partial charge in [0.2, 0.25) is 0 Å². The van der Waals surface area contributed by atoms with Crippen LogP contribution < -0.4 is 9.16 Å². The number of hydrogen-bond acceptors (Lipinski definition) is 1. The number of halogens is 7. The van der Waals surface area contributed by atoms with Crippen LogP contribution in [-0.4, -0.2) is 30.3 Å². The fourth-order valence-corrected chi connectivity index (χ4v) is 7.60. The first-order chi connectivity index (χ1) is 13.1. The smallest absolute Gasteiger partial charge is 0.433 e. The van der Waals surface area contributed by atoms with Crippen molar-refractivity contribution in [2.75, 3.05) is 7.11 Å². The normalized spacial score (nSPS) is 26.7. The second kappa shape index (κ2) is 7.45. The number of ether oxygens (including phenoxy) is 1. The highest BCUT2D eigenvalue weighted by Gasteiger charge is 2.61. The van der Waals surface area contributed by atoms with Gasteiger partial charge in [0.15, 0.2) is 17.4 Å². The maximum absolute atomic E-state index is 15.8. The van der Waals surface area contributed by atoms with Crippen LogP contribution in [0.25, 0.3) is 0 Å². The zero-order chi connectivity index (χ0) is 20.7. The molecule has 0 amide bonds. The molecule has 3 rings (SSSR count). The molecule has 1 aromatic carbocycles. The van der Waals surface area contributed by atoms with Gasteiger partial charge in [0.25, 0.3) is 0 Å². The third-order valence-electron chi connectivity index (χ3n) is 4.80. The van der Waals surface area contributed by atoms with Crippen LogP contribution in [0.15, 0.2) is 54.2 Å². The molecule has 0 saturated carbocycles. The summed E-state index contributed by atoms with van der Waals surface area (Å²) in [7, 11) is 0.905. The van der Waals surface area contributed by atoms with E-state index in [0.717, 1.165) is 43.6 Å². The Balaban J connectivity index is 2.28. The van der Waals surface area contributed by atoms with Crippen molar-refractivity contribution < 1.29 is 35.5 Å². The molecule has 0 heterocycles. The first kappa shape index (κ1) is 20.7. The van der Waals surface area contributed by atoms with Gasteiger partial charge >= 0.3 is 14.1 Å². The summed E-state index contributed by atoms with van der Waals surface area (Å²) >= 11 is -4.27. The zero-order valence-electron chi connectivity index (χ0n) is 14.6. The zero-order valence-corrected chi connectivity index (χ0v) is 15.7. The maximum atomic E-state index is 15.8. The predicted molar refractivity (Wildman–Crippen MR) is 91.8 cm³/mol. The SMILES string of the molecule is COc1c(F)cc(F)[c]([Al]([C]2(F)C=CC=C(F)C2)[C]2(F)C=CC=C(F)C2)c1F. The molecule has 28 heavy (non-hydrogen) atoms. The van der Waals surface area contributed by atoms with E-state index in [4.69, 9.17) is 0 Å². The number of hydrogen-bond donors (Lipinski definition) is 0. The number of benzene rings is 1. The summed E-state index contributed by atoms with van der Waals surface area (Å²) < 4.78 is 101. The minimum absolute atomic E-state index is 0.251. The van der Waals surface area contributed by atoms with Gasteiger partial charge in [-0.15, -0.1) is 0 Å². The molecular weight excluding hydrogens is 404 g/mol. The Morgan fingerprint density at radius 2 is 1.36 bits per heavy atom. The topological polar surface area (TPSA) is 9.23 Å². The van der Waals surface area contributed by atoms with E-state index in [1.807, 2.05) is 0 Å². The number of alkyl halides is 2. The van der Waals surface area contributed by atoms with Gasteiger partial charge in [-0.1, -0.05) is 24.3 Å². The molecule has 0 radical (unpaired) electrons. The summed E-state index contributed by atoms with van der Waals surface area (Å²) in [5, 5.41) is 0. The molecule has 2 aliphatic rings. The van der Waals surface area contributed by atoms with Gasteiger partial charge in [0.05, 0.1) is 16.2 Å². The Bertz CT molecular complexity index is 881. The van der Waals surface area contributed by atoms with Gasteiger partial charge in [-0.2, -0.15) is 0 Å². The Hall–Kier alpha value is -1.98. The molecule has 0 bridgehead atoms. The summed E-state index contributed by atoms with van der Waals surface area (Å²) in [4.78, 5) is 0. The summed E-state index contributed by atoms with van der Waals surface area (Å²) in [6, 6.07) is 0.251. The molecule has 1 aromatic rings. The van der Waals surface area contributed by atoms with Crippen molar-refractivity contribution in [1.82, 2.24) is 0 Å². The first-order valence-corrected chi connectivity index (χ1v) is 10.0. The highest BCUT2D eigenvalue weighted by atomic mass is 27.2. The van der Waals surface area contributed by atoms with Crippen LogP contribution in [0.4, 0.5) is 30.7 Å². The van der Waals surface area contributed by atoms with E-state index in [-0.39, 0.29) is 6.07 Å². The summed E-state index contributed by atoms with van der Waals surface area (Å²) in [5.41, 5.74) is 0. The van der Waals surface area contributed by atoms with Crippen LogP contribution in [0, 0.1) is 17.5 Å². The molecule has 0 aliphatic heterocycles. The molecule has 2 aliphatic carbocycles. The van der Waals surface area contributed by atoms with Crippen LogP contribution in [-0.2, 0) is 0 Å². The summed E-state index contributed by atoms with van der Waals surface area (Å²) in [6.45, 7) is 0. The molecule has 148 valence electrons. The third kappa shape index (κ3) is 3.53. The predicted octanol–water partition coefficient (Wildman–Crippen LogP) is 4.94. The second-order valence-corrected chi connectivity index (χ2v) is 10.0. The monoisotopic (exact) mass is 418 g/mol. The summed E-state index contributed by atoms with van der Waals surface area (Å²) in [5.74, 6) is -7.49. The van der Waals surface area contributed by atoms with Crippen molar-refractivity contribution in [2.24, 2.45) is 0 Å². The minimum Gasteiger partial charge on any atom is -0.491 e. The molecule has 0 N–H and O–H groups in total. The Kier molecular flexibility index (Phi) is 5.52. The Labute approximate surface area is 160 Å². The highest BCUT2D eigenvalue weighted by molar-refractivity contribution is 6.79. The van der Waals surface area contributed by atoms with Crippen molar-refractivity contribution in [2.45, 2.75) is 21.9 Å². The molecule has 0 spiro atoms. The number of methoxy groups -OCH3 is 1. The third-order valence-corrected chi connectivity index (χ3v) is 8.62. The van der Waals surface area contributed by atoms with E-state index in [9.17, 15) is 22.0 Å². The van der Waals surface area contributed by atoms with Gasteiger partial charge in [-0.05, 0) is 16.6 Å². The lowest BCUT2D eigenvalue weighted by Gasteiger charge is -2.38. The lowest BCUT2D eigenvalue weighted by Crippen LogP contribution is -2.64. The number of allylic oxidation sites excluding steroid dienone is 8. The minimum atomic E-state index is -4.27. The van der Waals surface area contributed by atoms with Gasteiger partial charge in [0, 0.05) is 18.9 Å². The van der Waals surface area contributed by atoms with Gasteiger partial charge in [0.1, 0.15) is 17.5 Å². The largest absolute Gasteiger partial charge is 0.491 e. The second-order valence-electron chi connectivity index (χ2n) is 6.69. The van der Waals surface area contributed by atoms with Crippen molar-refractivity contribution in [1.29, 1.82) is 0 Å². The number of rotatable bonds is 4. The lowest BCUT2D eigenvalue weighted by molar-refractivity contribution is 0.257. The molecular formula is C19H14AlF7O. The van der Waals surface area contributed by atoms with E-state index in [2.05, 4.69) is 4.74 Å². The molecule has 9 heteroatoms. The molecule has 1 nitrogen and oxygen atoms in total. The Morgan fingerprint density at radius 1 is 0.857 bits per heavy atom. The van der Waals surface area contributed by atoms with Crippen molar-refractivity contribution in [3.8, 4) is 5.75 Å². The molecule has 2 unspecified atom stereocenters. The molecule has 0 fully saturated rings. The van der Waals surface area contributed by atoms with E-state index < -0.39 is 75.3 Å². The van der Waals surface area contributed by atoms with E-state index in [0.29, 0.717) is 0 Å². The van der Waals surface area contributed by atoms with E-state index in [1.54, 1.807) is 0 Å². The van der Waals surface area contributed by atoms with Crippen LogP contribution in [0.2, 0.25) is 0 Å². The highest BCUT2D eigenvalue weighted by Crippen LogP contribution is 2.42. The lowest BCUT2D eigenvalue weighted by atomic mass is 10.1. The van der Waals surface area contributed by atoms with Crippen molar-refractivity contribution >= 4 is 18.6 Å². The fourth-order valence-electron chi connectivity index (χ4n) is 3.69. The van der Waals surface area contributed by atoms with Gasteiger partial charge in [-0.25, -0.2) is 22.0 Å². The van der Waals surface area contributed by atoms with Crippen LogP contribution in [0.3, 0.4) is 0 Å². The van der Waals surface area contributed by atoms with Crippen molar-refractivity contribution in [3.05, 3.63) is 71.6 Å². The summed E-state index contributed by atoms with van der Waals surface area (Å²) in [6.07, 6.45) is 3.50. The van der Waals surface area contributed by atoms with Crippen molar-refractivity contribution in [3.63, 3.8) is 0 Å².